The summed E-state index contributed by atoms with van der Waals surface area (Å²) in [5.74, 6) is -1.09. The van der Waals surface area contributed by atoms with Crippen LogP contribution >= 0.6 is 0 Å². The lowest BCUT2D eigenvalue weighted by Gasteiger charge is -2.20. The summed E-state index contributed by atoms with van der Waals surface area (Å²) in [4.78, 5) is 41.0. The summed E-state index contributed by atoms with van der Waals surface area (Å²) in [5, 5.41) is 9.21. The predicted octanol–water partition coefficient (Wildman–Crippen LogP) is 8.01. The fourth-order valence-electron chi connectivity index (χ4n) is 5.77. The molecule has 3 unspecified atom stereocenters. The molecule has 0 heterocycles. The van der Waals surface area contributed by atoms with Gasteiger partial charge in [0.1, 0.15) is 0 Å². The molecular formula is C39H45N3O3. The van der Waals surface area contributed by atoms with Crippen LogP contribution in [0.15, 0.2) is 72.8 Å². The van der Waals surface area contributed by atoms with Crippen molar-refractivity contribution in [2.45, 2.75) is 80.4 Å². The Labute approximate surface area is 267 Å². The fourth-order valence-corrected chi connectivity index (χ4v) is 5.77. The minimum Gasteiger partial charge on any atom is -0.346 e. The maximum absolute atomic E-state index is 13.7. The molecule has 234 valence electrons. The van der Waals surface area contributed by atoms with Crippen LogP contribution in [0.1, 0.15) is 120 Å². The molecule has 4 aromatic carbocycles. The Bertz CT molecular complexity index is 1540. The molecule has 6 nitrogen and oxygen atoms in total. The summed E-state index contributed by atoms with van der Waals surface area (Å²) in [7, 11) is 0. The van der Waals surface area contributed by atoms with Crippen LogP contribution in [-0.2, 0) is 0 Å². The van der Waals surface area contributed by atoms with E-state index < -0.39 is 0 Å². The van der Waals surface area contributed by atoms with Crippen molar-refractivity contribution in [2.75, 3.05) is 0 Å². The van der Waals surface area contributed by atoms with E-state index in [1.54, 1.807) is 18.2 Å². The predicted molar refractivity (Wildman–Crippen MR) is 182 cm³/mol. The first-order valence-corrected chi connectivity index (χ1v) is 15.5. The molecule has 45 heavy (non-hydrogen) atoms. The molecule has 0 spiro atoms. The molecule has 3 amide bonds. The van der Waals surface area contributed by atoms with E-state index in [2.05, 4.69) is 34.1 Å². The van der Waals surface area contributed by atoms with Gasteiger partial charge < -0.3 is 16.0 Å². The average molecular weight is 604 g/mol. The fraction of sp³-hybridized carbons (Fsp3) is 0.308. The first-order valence-electron chi connectivity index (χ1n) is 15.5. The van der Waals surface area contributed by atoms with Gasteiger partial charge in [0.05, 0.1) is 18.1 Å². The van der Waals surface area contributed by atoms with E-state index in [9.17, 15) is 14.4 Å². The molecule has 0 radical (unpaired) electrons. The maximum atomic E-state index is 13.7. The molecule has 6 heteroatoms. The van der Waals surface area contributed by atoms with Crippen molar-refractivity contribution in [2.24, 2.45) is 0 Å². The number of rotatable bonds is 9. The highest BCUT2D eigenvalue weighted by Crippen LogP contribution is 2.23. The van der Waals surface area contributed by atoms with Gasteiger partial charge in [0.2, 0.25) is 0 Å². The van der Waals surface area contributed by atoms with Crippen molar-refractivity contribution >= 4 is 17.7 Å². The molecule has 0 aliphatic carbocycles. The third-order valence-corrected chi connectivity index (χ3v) is 8.47. The Balaban J connectivity index is 1.66. The molecule has 4 rings (SSSR count). The Morgan fingerprint density at radius 3 is 0.911 bits per heavy atom. The van der Waals surface area contributed by atoms with Crippen molar-refractivity contribution in [3.63, 3.8) is 0 Å². The van der Waals surface area contributed by atoms with Crippen molar-refractivity contribution in [3.05, 3.63) is 140 Å². The minimum atomic E-state index is -0.364. The highest BCUT2D eigenvalue weighted by molar-refractivity contribution is 6.04. The smallest absolute Gasteiger partial charge is 0.251 e. The molecule has 3 N–H and O–H groups in total. The number of carbonyl (C=O) groups excluding carboxylic acids is 3. The van der Waals surface area contributed by atoms with Crippen molar-refractivity contribution in [3.8, 4) is 0 Å². The second kappa shape index (κ2) is 13.9. The van der Waals surface area contributed by atoms with Crippen molar-refractivity contribution in [1.29, 1.82) is 0 Å². The summed E-state index contributed by atoms with van der Waals surface area (Å²) in [6.07, 6.45) is 0. The molecule has 4 aromatic rings. The Morgan fingerprint density at radius 1 is 0.422 bits per heavy atom. The van der Waals surface area contributed by atoms with Crippen LogP contribution in [0.5, 0.6) is 0 Å². The number of nitrogens with one attached hydrogen (secondary N) is 3. The number of aryl methyl sites for hydroxylation is 6. The summed E-state index contributed by atoms with van der Waals surface area (Å²) in [6, 6.07) is 22.3. The van der Waals surface area contributed by atoms with E-state index in [0.29, 0.717) is 0 Å². The van der Waals surface area contributed by atoms with Crippen LogP contribution < -0.4 is 16.0 Å². The van der Waals surface area contributed by atoms with E-state index in [4.69, 9.17) is 0 Å². The third kappa shape index (κ3) is 8.07. The van der Waals surface area contributed by atoms with E-state index >= 15 is 0 Å². The lowest BCUT2D eigenvalue weighted by molar-refractivity contribution is 0.0939. The van der Waals surface area contributed by atoms with Gasteiger partial charge >= 0.3 is 0 Å². The van der Waals surface area contributed by atoms with E-state index in [0.717, 1.165) is 50.1 Å². The average Bonchev–Trinajstić information content (AvgIpc) is 3.00. The zero-order valence-electron chi connectivity index (χ0n) is 27.9. The summed E-state index contributed by atoms with van der Waals surface area (Å²) >= 11 is 0. The third-order valence-electron chi connectivity index (χ3n) is 8.47. The molecule has 0 aromatic heterocycles. The minimum absolute atomic E-state index is 0.240. The number of benzene rings is 4. The largest absolute Gasteiger partial charge is 0.346 e. The Morgan fingerprint density at radius 2 is 0.667 bits per heavy atom. The second-order valence-electron chi connectivity index (χ2n) is 12.5. The summed E-state index contributed by atoms with van der Waals surface area (Å²) in [5.41, 5.74) is 10.3. The molecule has 0 fully saturated rings. The first-order chi connectivity index (χ1) is 21.2. The second-order valence-corrected chi connectivity index (χ2v) is 12.5. The van der Waals surface area contributed by atoms with E-state index in [1.807, 2.05) is 98.7 Å². The maximum Gasteiger partial charge on any atom is 0.251 e. The van der Waals surface area contributed by atoms with Crippen LogP contribution in [-0.4, -0.2) is 17.7 Å². The monoisotopic (exact) mass is 603 g/mol. The number of hydrogen-bond acceptors (Lipinski definition) is 3. The lowest BCUT2D eigenvalue weighted by Crippen LogP contribution is -2.31. The van der Waals surface area contributed by atoms with Crippen LogP contribution in [0.25, 0.3) is 0 Å². The van der Waals surface area contributed by atoms with Crippen molar-refractivity contribution < 1.29 is 14.4 Å². The SMILES string of the molecule is Cc1ccc(C)c(C(C)NC(=O)c2cc(C(=O)NC(C)c3cc(C)ccc3C)cc(C(=O)NC(C)c3cc(C)ccc3C)c2)c1. The van der Waals surface area contributed by atoms with Gasteiger partial charge in [-0.2, -0.15) is 0 Å². The topological polar surface area (TPSA) is 87.3 Å². The van der Waals surface area contributed by atoms with Gasteiger partial charge in [-0.3, -0.25) is 14.4 Å². The molecule has 0 bridgehead atoms. The zero-order chi connectivity index (χ0) is 33.0. The van der Waals surface area contributed by atoms with Crippen LogP contribution in [0.2, 0.25) is 0 Å². The van der Waals surface area contributed by atoms with Gasteiger partial charge in [0, 0.05) is 16.7 Å². The zero-order valence-corrected chi connectivity index (χ0v) is 27.9. The number of hydrogen-bond donors (Lipinski definition) is 3. The molecule has 3 atom stereocenters. The molecule has 0 aliphatic rings. The van der Waals surface area contributed by atoms with E-state index in [1.165, 1.54) is 0 Å². The van der Waals surface area contributed by atoms with Gasteiger partial charge in [0.15, 0.2) is 0 Å². The van der Waals surface area contributed by atoms with E-state index in [-0.39, 0.29) is 52.5 Å². The molecule has 0 saturated carbocycles. The standard InChI is InChI=1S/C39H45N3O3/c1-22-10-13-25(4)34(16-22)28(7)40-37(43)31-19-32(38(44)41-29(8)35-17-23(2)11-14-26(35)5)21-33(20-31)39(45)42-30(9)36-18-24(3)12-15-27(36)6/h10-21,28-30H,1-9H3,(H,40,43)(H,41,44)(H,42,45). The van der Waals surface area contributed by atoms with Crippen LogP contribution in [0, 0.1) is 41.5 Å². The Hall–Kier alpha value is -4.71. The normalized spacial score (nSPS) is 13.0. The van der Waals surface area contributed by atoms with Gasteiger partial charge in [0.25, 0.3) is 17.7 Å². The molecule has 0 saturated heterocycles. The van der Waals surface area contributed by atoms with Gasteiger partial charge in [-0.15, -0.1) is 0 Å². The highest BCUT2D eigenvalue weighted by atomic mass is 16.2. The number of carbonyl (C=O) groups is 3. The van der Waals surface area contributed by atoms with Gasteiger partial charge in [-0.1, -0.05) is 71.3 Å². The quantitative estimate of drug-likeness (QED) is 0.181. The van der Waals surface area contributed by atoms with Gasteiger partial charge in [-0.25, -0.2) is 0 Å². The molecule has 0 aliphatic heterocycles. The number of amides is 3. The van der Waals surface area contributed by atoms with Crippen LogP contribution in [0.3, 0.4) is 0 Å². The van der Waals surface area contributed by atoms with Crippen molar-refractivity contribution in [1.82, 2.24) is 16.0 Å². The Kier molecular flexibility index (Phi) is 10.3. The summed E-state index contributed by atoms with van der Waals surface area (Å²) in [6.45, 7) is 17.9. The molecular weight excluding hydrogens is 558 g/mol. The summed E-state index contributed by atoms with van der Waals surface area (Å²) < 4.78 is 0. The lowest BCUT2D eigenvalue weighted by atomic mass is 9.97. The highest BCUT2D eigenvalue weighted by Gasteiger charge is 2.22. The van der Waals surface area contributed by atoms with Gasteiger partial charge in [-0.05, 0) is 114 Å². The van der Waals surface area contributed by atoms with Crippen LogP contribution in [0.4, 0.5) is 0 Å². The first kappa shape index (κ1) is 33.2.